The molecule has 1 aliphatic carbocycles. The Morgan fingerprint density at radius 2 is 1.90 bits per heavy atom. The standard InChI is InChI=1S/C17H26N2O2/c1-12-11-13(19(20)21)9-10-15(12)18-16-8-6-5-7-14(16)17(2,3)4/h9-11,14,16,18H,5-8H2,1-4H3. The lowest BCUT2D eigenvalue weighted by atomic mass is 9.69. The summed E-state index contributed by atoms with van der Waals surface area (Å²) in [6.07, 6.45) is 5.00. The van der Waals surface area contributed by atoms with Gasteiger partial charge in [0.2, 0.25) is 0 Å². The van der Waals surface area contributed by atoms with Crippen molar-refractivity contribution in [1.82, 2.24) is 0 Å². The van der Waals surface area contributed by atoms with E-state index < -0.39 is 0 Å². The second kappa shape index (κ2) is 6.04. The zero-order valence-corrected chi connectivity index (χ0v) is 13.5. The van der Waals surface area contributed by atoms with Crippen molar-refractivity contribution in [3.63, 3.8) is 0 Å². The number of non-ortho nitro benzene ring substituents is 1. The number of nitro benzene ring substituents is 1. The van der Waals surface area contributed by atoms with Crippen LogP contribution < -0.4 is 5.32 Å². The normalized spacial score (nSPS) is 22.9. The van der Waals surface area contributed by atoms with Crippen LogP contribution in [0, 0.1) is 28.4 Å². The first kappa shape index (κ1) is 15.8. The number of benzene rings is 1. The van der Waals surface area contributed by atoms with Crippen molar-refractivity contribution < 1.29 is 4.92 Å². The molecule has 1 N–H and O–H groups in total. The van der Waals surface area contributed by atoms with E-state index in [1.165, 1.54) is 25.7 Å². The monoisotopic (exact) mass is 290 g/mol. The van der Waals surface area contributed by atoms with Crippen LogP contribution in [0.2, 0.25) is 0 Å². The number of nitrogens with one attached hydrogen (secondary N) is 1. The van der Waals surface area contributed by atoms with Crippen molar-refractivity contribution in [1.29, 1.82) is 0 Å². The summed E-state index contributed by atoms with van der Waals surface area (Å²) in [5.41, 5.74) is 2.42. The van der Waals surface area contributed by atoms with E-state index in [1.54, 1.807) is 12.1 Å². The highest BCUT2D eigenvalue weighted by Gasteiger charge is 2.34. The van der Waals surface area contributed by atoms with Crippen molar-refractivity contribution >= 4 is 11.4 Å². The molecule has 0 spiro atoms. The second-order valence-electron chi connectivity index (χ2n) is 7.26. The van der Waals surface area contributed by atoms with E-state index in [0.717, 1.165) is 11.3 Å². The third kappa shape index (κ3) is 3.74. The maximum atomic E-state index is 10.8. The van der Waals surface area contributed by atoms with Gasteiger partial charge in [0, 0.05) is 23.9 Å². The van der Waals surface area contributed by atoms with Gasteiger partial charge in [-0.25, -0.2) is 0 Å². The molecule has 0 heterocycles. The van der Waals surface area contributed by atoms with Gasteiger partial charge in [-0.3, -0.25) is 10.1 Å². The zero-order valence-electron chi connectivity index (χ0n) is 13.5. The van der Waals surface area contributed by atoms with Crippen LogP contribution in [0.25, 0.3) is 0 Å². The van der Waals surface area contributed by atoms with Crippen LogP contribution in [0.15, 0.2) is 18.2 Å². The van der Waals surface area contributed by atoms with Crippen LogP contribution >= 0.6 is 0 Å². The summed E-state index contributed by atoms with van der Waals surface area (Å²) in [4.78, 5) is 10.5. The van der Waals surface area contributed by atoms with Gasteiger partial charge in [-0.2, -0.15) is 0 Å². The van der Waals surface area contributed by atoms with E-state index in [-0.39, 0.29) is 16.0 Å². The fourth-order valence-electron chi connectivity index (χ4n) is 3.46. The summed E-state index contributed by atoms with van der Waals surface area (Å²) < 4.78 is 0. The summed E-state index contributed by atoms with van der Waals surface area (Å²) in [7, 11) is 0. The van der Waals surface area contributed by atoms with Gasteiger partial charge in [-0.05, 0) is 42.7 Å². The molecule has 1 fully saturated rings. The molecule has 4 heteroatoms. The van der Waals surface area contributed by atoms with Crippen LogP contribution in [0.3, 0.4) is 0 Å². The van der Waals surface area contributed by atoms with Gasteiger partial charge in [0.25, 0.3) is 5.69 Å². The quantitative estimate of drug-likeness (QED) is 0.635. The number of nitro groups is 1. The van der Waals surface area contributed by atoms with Gasteiger partial charge in [-0.1, -0.05) is 33.6 Å². The molecular formula is C17H26N2O2. The maximum Gasteiger partial charge on any atom is 0.269 e. The minimum Gasteiger partial charge on any atom is -0.382 e. The van der Waals surface area contributed by atoms with Crippen LogP contribution in [-0.4, -0.2) is 11.0 Å². The van der Waals surface area contributed by atoms with Crippen molar-refractivity contribution in [3.05, 3.63) is 33.9 Å². The van der Waals surface area contributed by atoms with E-state index in [1.807, 2.05) is 13.0 Å². The van der Waals surface area contributed by atoms with Gasteiger partial charge in [0.1, 0.15) is 0 Å². The molecule has 0 aromatic heterocycles. The molecular weight excluding hydrogens is 264 g/mol. The van der Waals surface area contributed by atoms with E-state index in [0.29, 0.717) is 12.0 Å². The number of anilines is 1. The predicted molar refractivity (Wildman–Crippen MR) is 86.7 cm³/mol. The highest BCUT2D eigenvalue weighted by Crippen LogP contribution is 2.39. The number of hydrogen-bond acceptors (Lipinski definition) is 3. The van der Waals surface area contributed by atoms with E-state index in [9.17, 15) is 10.1 Å². The maximum absolute atomic E-state index is 10.8. The van der Waals surface area contributed by atoms with E-state index in [4.69, 9.17) is 0 Å². The van der Waals surface area contributed by atoms with Crippen molar-refractivity contribution in [2.24, 2.45) is 11.3 Å². The van der Waals surface area contributed by atoms with Crippen LogP contribution in [-0.2, 0) is 0 Å². The Labute approximate surface area is 127 Å². The number of hydrogen-bond donors (Lipinski definition) is 1. The molecule has 21 heavy (non-hydrogen) atoms. The lowest BCUT2D eigenvalue weighted by molar-refractivity contribution is -0.384. The minimum atomic E-state index is -0.338. The lowest BCUT2D eigenvalue weighted by Crippen LogP contribution is -2.39. The Morgan fingerprint density at radius 1 is 1.24 bits per heavy atom. The molecule has 116 valence electrons. The Balaban J connectivity index is 2.18. The van der Waals surface area contributed by atoms with Gasteiger partial charge in [0.05, 0.1) is 4.92 Å². The predicted octanol–water partition coefficient (Wildman–Crippen LogP) is 4.92. The molecule has 2 atom stereocenters. The minimum absolute atomic E-state index is 0.161. The Morgan fingerprint density at radius 3 is 2.48 bits per heavy atom. The van der Waals surface area contributed by atoms with E-state index >= 15 is 0 Å². The third-order valence-corrected chi connectivity index (χ3v) is 4.64. The molecule has 1 saturated carbocycles. The molecule has 1 aromatic carbocycles. The van der Waals surface area contributed by atoms with Crippen LogP contribution in [0.5, 0.6) is 0 Å². The Bertz CT molecular complexity index is 520. The van der Waals surface area contributed by atoms with Crippen LogP contribution in [0.4, 0.5) is 11.4 Å². The summed E-state index contributed by atoms with van der Waals surface area (Å²) in [5, 5.41) is 14.5. The summed E-state index contributed by atoms with van der Waals surface area (Å²) in [6.45, 7) is 8.85. The molecule has 1 aromatic rings. The average molecular weight is 290 g/mol. The molecule has 0 bridgehead atoms. The first-order chi connectivity index (χ1) is 9.79. The van der Waals surface area contributed by atoms with Crippen molar-refractivity contribution in [2.75, 3.05) is 5.32 Å². The smallest absolute Gasteiger partial charge is 0.269 e. The third-order valence-electron chi connectivity index (χ3n) is 4.64. The molecule has 4 nitrogen and oxygen atoms in total. The molecule has 2 rings (SSSR count). The van der Waals surface area contributed by atoms with Crippen LogP contribution in [0.1, 0.15) is 52.0 Å². The molecule has 0 amide bonds. The fraction of sp³-hybridized carbons (Fsp3) is 0.647. The largest absolute Gasteiger partial charge is 0.382 e. The van der Waals surface area contributed by atoms with E-state index in [2.05, 4.69) is 26.1 Å². The molecule has 0 saturated heterocycles. The topological polar surface area (TPSA) is 55.2 Å². The second-order valence-corrected chi connectivity index (χ2v) is 7.26. The highest BCUT2D eigenvalue weighted by molar-refractivity contribution is 5.56. The van der Waals surface area contributed by atoms with Crippen molar-refractivity contribution in [2.45, 2.75) is 59.4 Å². The first-order valence-electron chi connectivity index (χ1n) is 7.80. The Hall–Kier alpha value is -1.58. The fourth-order valence-corrected chi connectivity index (χ4v) is 3.46. The number of rotatable bonds is 3. The van der Waals surface area contributed by atoms with Crippen molar-refractivity contribution in [3.8, 4) is 0 Å². The molecule has 0 aliphatic heterocycles. The Kier molecular flexibility index (Phi) is 4.55. The zero-order chi connectivity index (χ0) is 15.6. The summed E-state index contributed by atoms with van der Waals surface area (Å²) in [6, 6.07) is 5.54. The summed E-state index contributed by atoms with van der Waals surface area (Å²) >= 11 is 0. The molecule has 2 unspecified atom stereocenters. The van der Waals surface area contributed by atoms with Gasteiger partial charge < -0.3 is 5.32 Å². The SMILES string of the molecule is Cc1cc([N+](=O)[O-])ccc1NC1CCCCC1C(C)(C)C. The molecule has 0 radical (unpaired) electrons. The summed E-state index contributed by atoms with van der Waals surface area (Å²) in [5.74, 6) is 0.640. The highest BCUT2D eigenvalue weighted by atomic mass is 16.6. The van der Waals surface area contributed by atoms with Gasteiger partial charge in [0.15, 0.2) is 0 Å². The van der Waals surface area contributed by atoms with Gasteiger partial charge >= 0.3 is 0 Å². The lowest BCUT2D eigenvalue weighted by Gasteiger charge is -2.41. The molecule has 1 aliphatic rings. The number of nitrogens with zero attached hydrogens (tertiary/aromatic N) is 1. The first-order valence-corrected chi connectivity index (χ1v) is 7.80. The average Bonchev–Trinajstić information content (AvgIpc) is 2.40. The van der Waals surface area contributed by atoms with Gasteiger partial charge in [-0.15, -0.1) is 0 Å². The number of aryl methyl sites for hydroxylation is 1.